The van der Waals surface area contributed by atoms with Crippen LogP contribution >= 0.6 is 0 Å². The quantitative estimate of drug-likeness (QED) is 0.762. The van der Waals surface area contributed by atoms with Crippen molar-refractivity contribution in [3.8, 4) is 0 Å². The van der Waals surface area contributed by atoms with Crippen LogP contribution in [0.1, 0.15) is 64.2 Å². The monoisotopic (exact) mass is 221 g/mol. The lowest BCUT2D eigenvalue weighted by Crippen LogP contribution is -2.33. The van der Waals surface area contributed by atoms with Crippen LogP contribution in [-0.2, 0) is 0 Å². The third-order valence-electron chi connectivity index (χ3n) is 5.44. The Kier molecular flexibility index (Phi) is 3.51. The van der Waals surface area contributed by atoms with E-state index in [4.69, 9.17) is 0 Å². The highest BCUT2D eigenvalue weighted by atomic mass is 14.9. The summed E-state index contributed by atoms with van der Waals surface area (Å²) in [6.45, 7) is 1.30. The Labute approximate surface area is 100 Å². The summed E-state index contributed by atoms with van der Waals surface area (Å²) in [6.07, 6.45) is 15.0. The molecular formula is C15H27N. The van der Waals surface area contributed by atoms with Crippen molar-refractivity contribution in [1.82, 2.24) is 5.32 Å². The van der Waals surface area contributed by atoms with Gasteiger partial charge in [0.15, 0.2) is 0 Å². The highest BCUT2D eigenvalue weighted by Gasteiger charge is 2.38. The molecule has 0 aromatic carbocycles. The Bertz CT molecular complexity index is 219. The van der Waals surface area contributed by atoms with Gasteiger partial charge in [-0.25, -0.2) is 0 Å². The number of rotatable bonds is 4. The van der Waals surface area contributed by atoms with Crippen LogP contribution in [0.25, 0.3) is 0 Å². The predicted molar refractivity (Wildman–Crippen MR) is 68.4 cm³/mol. The van der Waals surface area contributed by atoms with Crippen molar-refractivity contribution in [3.05, 3.63) is 0 Å². The number of hydrogen-bond acceptors (Lipinski definition) is 1. The maximum Gasteiger partial charge on any atom is 0.00670 e. The zero-order valence-corrected chi connectivity index (χ0v) is 10.6. The predicted octanol–water partition coefficient (Wildman–Crippen LogP) is 3.74. The zero-order valence-electron chi connectivity index (χ0n) is 10.6. The van der Waals surface area contributed by atoms with E-state index in [9.17, 15) is 0 Å². The van der Waals surface area contributed by atoms with Crippen molar-refractivity contribution >= 4 is 0 Å². The first-order chi connectivity index (χ1) is 7.92. The van der Waals surface area contributed by atoms with Crippen LogP contribution in [0.15, 0.2) is 0 Å². The topological polar surface area (TPSA) is 12.0 Å². The van der Waals surface area contributed by atoms with Crippen molar-refractivity contribution in [2.75, 3.05) is 6.54 Å². The lowest BCUT2D eigenvalue weighted by molar-refractivity contribution is 0.294. The zero-order chi connectivity index (χ0) is 10.8. The van der Waals surface area contributed by atoms with Crippen LogP contribution in [0, 0.1) is 17.8 Å². The fraction of sp³-hybridized carbons (Fsp3) is 1.00. The van der Waals surface area contributed by atoms with E-state index in [1.165, 1.54) is 45.1 Å². The normalized spacial score (nSPS) is 39.4. The highest BCUT2D eigenvalue weighted by Crippen LogP contribution is 2.49. The maximum absolute atomic E-state index is 3.81. The first-order valence-electron chi connectivity index (χ1n) is 7.65. The average Bonchev–Trinajstić information content (AvgIpc) is 2.92. The summed E-state index contributed by atoms with van der Waals surface area (Å²) in [5, 5.41) is 3.81. The number of fused-ring (bicyclic) bond motifs is 2. The van der Waals surface area contributed by atoms with Crippen LogP contribution in [0.3, 0.4) is 0 Å². The minimum absolute atomic E-state index is 0.868. The molecular weight excluding hydrogens is 194 g/mol. The molecule has 0 aromatic heterocycles. The third-order valence-corrected chi connectivity index (χ3v) is 5.44. The van der Waals surface area contributed by atoms with E-state index < -0.39 is 0 Å². The van der Waals surface area contributed by atoms with E-state index in [2.05, 4.69) is 5.32 Å². The van der Waals surface area contributed by atoms with Gasteiger partial charge >= 0.3 is 0 Å². The van der Waals surface area contributed by atoms with E-state index in [0.29, 0.717) is 0 Å². The Morgan fingerprint density at radius 3 is 2.44 bits per heavy atom. The van der Waals surface area contributed by atoms with Crippen LogP contribution in [0.4, 0.5) is 0 Å². The van der Waals surface area contributed by atoms with E-state index in [1.807, 2.05) is 0 Å². The van der Waals surface area contributed by atoms with Crippen LogP contribution in [0.5, 0.6) is 0 Å². The summed E-state index contributed by atoms with van der Waals surface area (Å²) < 4.78 is 0. The van der Waals surface area contributed by atoms with Gasteiger partial charge in [-0.15, -0.1) is 0 Å². The molecule has 2 bridgehead atoms. The van der Waals surface area contributed by atoms with Crippen molar-refractivity contribution < 1.29 is 0 Å². The molecule has 3 unspecified atom stereocenters. The SMILES string of the molecule is C1CCC(NCCC2CC3CCC2C3)CC1. The molecule has 16 heavy (non-hydrogen) atoms. The Morgan fingerprint density at radius 2 is 1.75 bits per heavy atom. The van der Waals surface area contributed by atoms with Gasteiger partial charge in [0, 0.05) is 6.04 Å². The molecule has 0 aliphatic heterocycles. The minimum Gasteiger partial charge on any atom is -0.314 e. The largest absolute Gasteiger partial charge is 0.314 e. The van der Waals surface area contributed by atoms with E-state index in [1.54, 1.807) is 25.7 Å². The summed E-state index contributed by atoms with van der Waals surface area (Å²) in [4.78, 5) is 0. The van der Waals surface area contributed by atoms with Gasteiger partial charge in [-0.2, -0.15) is 0 Å². The number of hydrogen-bond donors (Lipinski definition) is 1. The van der Waals surface area contributed by atoms with E-state index in [0.717, 1.165) is 23.8 Å². The van der Waals surface area contributed by atoms with Crippen molar-refractivity contribution in [2.24, 2.45) is 17.8 Å². The molecule has 1 N–H and O–H groups in total. The maximum atomic E-state index is 3.81. The molecule has 0 amide bonds. The van der Waals surface area contributed by atoms with Crippen LogP contribution in [-0.4, -0.2) is 12.6 Å². The lowest BCUT2D eigenvalue weighted by Gasteiger charge is -2.26. The molecule has 0 saturated heterocycles. The molecule has 3 saturated carbocycles. The lowest BCUT2D eigenvalue weighted by atomic mass is 9.86. The number of nitrogens with one attached hydrogen (secondary N) is 1. The van der Waals surface area contributed by atoms with Crippen molar-refractivity contribution in [1.29, 1.82) is 0 Å². The van der Waals surface area contributed by atoms with Gasteiger partial charge in [0.2, 0.25) is 0 Å². The van der Waals surface area contributed by atoms with Gasteiger partial charge in [-0.1, -0.05) is 25.7 Å². The standard InChI is InChI=1S/C15H27N/c1-2-4-15(5-3-1)16-9-8-14-11-12-6-7-13(14)10-12/h12-16H,1-11H2. The molecule has 1 heteroatoms. The first kappa shape index (κ1) is 11.1. The molecule has 0 aromatic rings. The molecule has 3 atom stereocenters. The van der Waals surface area contributed by atoms with Gasteiger partial charge < -0.3 is 5.32 Å². The Balaban J connectivity index is 1.34. The fourth-order valence-electron chi connectivity index (χ4n) is 4.51. The van der Waals surface area contributed by atoms with E-state index in [-0.39, 0.29) is 0 Å². The highest BCUT2D eigenvalue weighted by molar-refractivity contribution is 4.90. The van der Waals surface area contributed by atoms with Crippen LogP contribution < -0.4 is 5.32 Å². The summed E-state index contributed by atoms with van der Waals surface area (Å²) in [5.74, 6) is 3.35. The molecule has 92 valence electrons. The Hall–Kier alpha value is -0.0400. The molecule has 0 spiro atoms. The first-order valence-corrected chi connectivity index (χ1v) is 7.65. The van der Waals surface area contributed by atoms with Crippen molar-refractivity contribution in [2.45, 2.75) is 70.3 Å². The molecule has 1 nitrogen and oxygen atoms in total. The molecule has 3 fully saturated rings. The fourth-order valence-corrected chi connectivity index (χ4v) is 4.51. The smallest absolute Gasteiger partial charge is 0.00670 e. The molecule has 3 rings (SSSR count). The Morgan fingerprint density at radius 1 is 0.875 bits per heavy atom. The van der Waals surface area contributed by atoms with Gasteiger partial charge in [-0.3, -0.25) is 0 Å². The summed E-state index contributed by atoms with van der Waals surface area (Å²) in [7, 11) is 0. The average molecular weight is 221 g/mol. The van der Waals surface area contributed by atoms with Gasteiger partial charge in [0.25, 0.3) is 0 Å². The second-order valence-electron chi connectivity index (χ2n) is 6.51. The summed E-state index contributed by atoms with van der Waals surface area (Å²) in [5.41, 5.74) is 0. The molecule has 3 aliphatic rings. The second kappa shape index (κ2) is 5.08. The van der Waals surface area contributed by atoms with E-state index >= 15 is 0 Å². The molecule has 3 aliphatic carbocycles. The minimum atomic E-state index is 0.868. The van der Waals surface area contributed by atoms with Gasteiger partial charge in [0.1, 0.15) is 0 Å². The third kappa shape index (κ3) is 2.45. The molecule has 0 radical (unpaired) electrons. The molecule has 0 heterocycles. The summed E-state index contributed by atoms with van der Waals surface area (Å²) >= 11 is 0. The summed E-state index contributed by atoms with van der Waals surface area (Å²) in [6, 6.07) is 0.868. The van der Waals surface area contributed by atoms with Crippen molar-refractivity contribution in [3.63, 3.8) is 0 Å². The van der Waals surface area contributed by atoms with Gasteiger partial charge in [-0.05, 0) is 62.8 Å². The second-order valence-corrected chi connectivity index (χ2v) is 6.51. The van der Waals surface area contributed by atoms with Crippen LogP contribution in [0.2, 0.25) is 0 Å². The van der Waals surface area contributed by atoms with Gasteiger partial charge in [0.05, 0.1) is 0 Å².